The van der Waals surface area contributed by atoms with Crippen LogP contribution < -0.4 is 0 Å². The highest BCUT2D eigenvalue weighted by molar-refractivity contribution is 14.1. The SMILES string of the molecule is CCCOP(=O)(OI)OI. The standard InChI is InChI=1S/C3H7I2O4P/c1-2-3-7-10(6,8-4)9-5/h2-3H2,1H3. The van der Waals surface area contributed by atoms with Crippen LogP contribution in [-0.2, 0) is 14.8 Å². The third-order valence-corrected chi connectivity index (χ3v) is 4.35. The molecular formula is C3H7I2O4P. The third kappa shape index (κ3) is 4.45. The maximum absolute atomic E-state index is 11.0. The molecule has 0 N–H and O–H groups in total. The molecule has 4 nitrogen and oxygen atoms in total. The Morgan fingerprint density at radius 2 is 1.90 bits per heavy atom. The van der Waals surface area contributed by atoms with Crippen LogP contribution >= 0.6 is 53.8 Å². The van der Waals surface area contributed by atoms with E-state index in [1.165, 1.54) is 46.0 Å². The first-order valence-corrected chi connectivity index (χ1v) is 5.76. The molecule has 0 saturated carbocycles. The third-order valence-electron chi connectivity index (χ3n) is 0.623. The van der Waals surface area contributed by atoms with Gasteiger partial charge in [0.2, 0.25) is 0 Å². The van der Waals surface area contributed by atoms with E-state index < -0.39 is 7.82 Å². The van der Waals surface area contributed by atoms with Gasteiger partial charge >= 0.3 is 7.82 Å². The molecule has 0 fully saturated rings. The Balaban J connectivity index is 3.70. The van der Waals surface area contributed by atoms with Crippen LogP contribution in [0, 0.1) is 0 Å². The lowest BCUT2D eigenvalue weighted by molar-refractivity contribution is 0.241. The van der Waals surface area contributed by atoms with Gasteiger partial charge in [-0.1, -0.05) is 6.92 Å². The zero-order chi connectivity index (χ0) is 8.04. The summed E-state index contributed by atoms with van der Waals surface area (Å²) in [4.78, 5) is 0. The molecule has 0 heterocycles. The summed E-state index contributed by atoms with van der Waals surface area (Å²) in [6.45, 7) is 2.29. The molecule has 7 heteroatoms. The lowest BCUT2D eigenvalue weighted by Crippen LogP contribution is -1.90. The molecule has 0 aliphatic rings. The van der Waals surface area contributed by atoms with Crippen molar-refractivity contribution >= 4 is 53.8 Å². The first-order valence-electron chi connectivity index (χ1n) is 2.53. The molecule has 0 saturated heterocycles. The number of halogens is 2. The summed E-state index contributed by atoms with van der Waals surface area (Å²) in [5, 5.41) is 0. The van der Waals surface area contributed by atoms with Crippen LogP contribution in [0.2, 0.25) is 0 Å². The van der Waals surface area contributed by atoms with E-state index >= 15 is 0 Å². The average molecular weight is 392 g/mol. The van der Waals surface area contributed by atoms with Crippen molar-refractivity contribution in [3.8, 4) is 0 Å². The number of phosphoric acid groups is 1. The molecule has 0 aliphatic carbocycles. The smallest absolute Gasteiger partial charge is 0.286 e. The van der Waals surface area contributed by atoms with E-state index in [-0.39, 0.29) is 0 Å². The Hall–Kier alpha value is 1.57. The quantitative estimate of drug-likeness (QED) is 0.533. The summed E-state index contributed by atoms with van der Waals surface area (Å²) < 4.78 is 24.7. The summed E-state index contributed by atoms with van der Waals surface area (Å²) in [5.74, 6) is 0. The van der Waals surface area contributed by atoms with Crippen molar-refractivity contribution in [2.75, 3.05) is 6.61 Å². The average Bonchev–Trinajstić information content (AvgIpc) is 2.00. The minimum absolute atomic E-state index is 0.378. The highest BCUT2D eigenvalue weighted by Crippen LogP contribution is 2.53. The molecule has 0 aromatic carbocycles. The van der Waals surface area contributed by atoms with Crippen LogP contribution in [0.5, 0.6) is 0 Å². The van der Waals surface area contributed by atoms with Gasteiger partial charge in [0.1, 0.15) is 46.0 Å². The summed E-state index contributed by atoms with van der Waals surface area (Å²) in [6.07, 6.45) is 0.782. The number of hydrogen-bond acceptors (Lipinski definition) is 4. The Labute approximate surface area is 88.0 Å². The van der Waals surface area contributed by atoms with E-state index in [1.54, 1.807) is 0 Å². The van der Waals surface area contributed by atoms with E-state index in [2.05, 4.69) is 5.71 Å². The molecular weight excluding hydrogens is 385 g/mol. The predicted molar refractivity (Wildman–Crippen MR) is 54.1 cm³/mol. The fourth-order valence-corrected chi connectivity index (χ4v) is 2.85. The Morgan fingerprint density at radius 1 is 1.40 bits per heavy atom. The van der Waals surface area contributed by atoms with Gasteiger partial charge in [-0.05, 0) is 6.42 Å². The zero-order valence-corrected chi connectivity index (χ0v) is 10.5. The second-order valence-electron chi connectivity index (χ2n) is 1.42. The van der Waals surface area contributed by atoms with Crippen LogP contribution in [0.1, 0.15) is 13.3 Å². The van der Waals surface area contributed by atoms with Gasteiger partial charge in [0, 0.05) is 0 Å². The number of rotatable bonds is 5. The lowest BCUT2D eigenvalue weighted by Gasteiger charge is -2.08. The topological polar surface area (TPSA) is 44.8 Å². The Morgan fingerprint density at radius 3 is 2.20 bits per heavy atom. The maximum atomic E-state index is 11.0. The molecule has 0 spiro atoms. The van der Waals surface area contributed by atoms with E-state index in [4.69, 9.17) is 4.52 Å². The molecule has 0 radical (unpaired) electrons. The molecule has 0 amide bonds. The monoisotopic (exact) mass is 392 g/mol. The molecule has 0 atom stereocenters. The Bertz CT molecular complexity index is 122. The molecule has 0 aromatic rings. The molecule has 0 unspecified atom stereocenters. The van der Waals surface area contributed by atoms with Crippen molar-refractivity contribution in [3.05, 3.63) is 0 Å². The summed E-state index contributed by atoms with van der Waals surface area (Å²) in [6, 6.07) is 0. The highest BCUT2D eigenvalue weighted by atomic mass is 127. The second-order valence-corrected chi connectivity index (χ2v) is 5.21. The molecule has 0 bridgehead atoms. The van der Waals surface area contributed by atoms with Gasteiger partial charge in [-0.2, -0.15) is 0 Å². The van der Waals surface area contributed by atoms with Gasteiger partial charge in [-0.25, -0.2) is 10.3 Å². The largest absolute Gasteiger partial charge is 0.493 e. The van der Waals surface area contributed by atoms with Gasteiger partial charge in [0.25, 0.3) is 0 Å². The van der Waals surface area contributed by atoms with Crippen LogP contribution in [0.25, 0.3) is 0 Å². The normalized spacial score (nSPS) is 11.9. The van der Waals surface area contributed by atoms with Crippen molar-refractivity contribution < 1.29 is 14.8 Å². The van der Waals surface area contributed by atoms with E-state index in [9.17, 15) is 4.57 Å². The van der Waals surface area contributed by atoms with Gasteiger partial charge in [-0.15, -0.1) is 0 Å². The van der Waals surface area contributed by atoms with Crippen molar-refractivity contribution in [1.29, 1.82) is 0 Å². The summed E-state index contributed by atoms with van der Waals surface area (Å²) in [5.41, 5.74) is 0. The zero-order valence-electron chi connectivity index (χ0n) is 5.25. The Kier molecular flexibility index (Phi) is 7.09. The van der Waals surface area contributed by atoms with E-state index in [0.29, 0.717) is 6.61 Å². The fourth-order valence-electron chi connectivity index (χ4n) is 0.254. The summed E-state index contributed by atoms with van der Waals surface area (Å²) in [7, 11) is -3.22. The second kappa shape index (κ2) is 6.13. The predicted octanol–water partition coefficient (Wildman–Crippen LogP) is 3.25. The maximum Gasteiger partial charge on any atom is 0.493 e. The van der Waals surface area contributed by atoms with Crippen LogP contribution in [0.15, 0.2) is 0 Å². The molecule has 10 heavy (non-hydrogen) atoms. The molecule has 0 aliphatic heterocycles. The van der Waals surface area contributed by atoms with Crippen molar-refractivity contribution in [1.82, 2.24) is 0 Å². The first-order chi connectivity index (χ1) is 4.68. The minimum atomic E-state index is -3.22. The van der Waals surface area contributed by atoms with Crippen molar-refractivity contribution in [2.45, 2.75) is 13.3 Å². The highest BCUT2D eigenvalue weighted by Gasteiger charge is 2.24. The van der Waals surface area contributed by atoms with Crippen LogP contribution in [0.3, 0.4) is 0 Å². The van der Waals surface area contributed by atoms with Gasteiger partial charge in [0.15, 0.2) is 0 Å². The van der Waals surface area contributed by atoms with Crippen LogP contribution in [0.4, 0.5) is 0 Å². The number of hydrogen-bond donors (Lipinski definition) is 0. The minimum Gasteiger partial charge on any atom is -0.286 e. The van der Waals surface area contributed by atoms with Crippen molar-refractivity contribution in [3.63, 3.8) is 0 Å². The van der Waals surface area contributed by atoms with Crippen LogP contribution in [-0.4, -0.2) is 6.61 Å². The van der Waals surface area contributed by atoms with E-state index in [1.807, 2.05) is 6.92 Å². The van der Waals surface area contributed by atoms with E-state index in [0.717, 1.165) is 6.42 Å². The fraction of sp³-hybridized carbons (Fsp3) is 1.00. The molecule has 62 valence electrons. The van der Waals surface area contributed by atoms with Gasteiger partial charge in [-0.3, -0.25) is 4.52 Å². The van der Waals surface area contributed by atoms with Gasteiger partial charge < -0.3 is 0 Å². The molecule has 0 rings (SSSR count). The first kappa shape index (κ1) is 11.6. The summed E-state index contributed by atoms with van der Waals surface area (Å²) >= 11 is 2.98. The molecule has 0 aromatic heterocycles. The van der Waals surface area contributed by atoms with Crippen molar-refractivity contribution in [2.24, 2.45) is 0 Å². The lowest BCUT2D eigenvalue weighted by atomic mass is 10.5. The van der Waals surface area contributed by atoms with Gasteiger partial charge in [0.05, 0.1) is 6.61 Å².